The number of hydrogen-bond acceptors (Lipinski definition) is 2. The molecule has 1 aromatic heterocycles. The molecule has 0 aliphatic rings. The topological polar surface area (TPSA) is 12.0 Å². The van der Waals surface area contributed by atoms with Gasteiger partial charge in [-0.15, -0.1) is 11.3 Å². The number of hydrogen-bond donors (Lipinski definition) is 1. The average Bonchev–Trinajstić information content (AvgIpc) is 2.90. The lowest BCUT2D eigenvalue weighted by Crippen LogP contribution is -2.27. The maximum atomic E-state index is 6.12. The molecular formula is C17H22ClNS. The van der Waals surface area contributed by atoms with Gasteiger partial charge in [-0.25, -0.2) is 0 Å². The van der Waals surface area contributed by atoms with E-state index in [1.807, 2.05) is 6.07 Å². The summed E-state index contributed by atoms with van der Waals surface area (Å²) in [5.41, 5.74) is 1.40. The van der Waals surface area contributed by atoms with Crippen LogP contribution in [0.15, 0.2) is 42.5 Å². The van der Waals surface area contributed by atoms with Gasteiger partial charge in [0, 0.05) is 16.8 Å². The Morgan fingerprint density at radius 2 is 1.85 bits per heavy atom. The van der Waals surface area contributed by atoms with Crippen molar-refractivity contribution < 1.29 is 0 Å². The van der Waals surface area contributed by atoms with Crippen LogP contribution in [0.5, 0.6) is 0 Å². The zero-order chi connectivity index (χ0) is 14.4. The molecule has 0 fully saturated rings. The van der Waals surface area contributed by atoms with E-state index in [0.29, 0.717) is 12.0 Å². The van der Waals surface area contributed by atoms with Gasteiger partial charge in [-0.05, 0) is 37.1 Å². The molecule has 0 saturated carbocycles. The third-order valence-corrected chi connectivity index (χ3v) is 4.90. The summed E-state index contributed by atoms with van der Waals surface area (Å²) in [4.78, 5) is 1.33. The van der Waals surface area contributed by atoms with Gasteiger partial charge < -0.3 is 5.32 Å². The molecule has 2 unspecified atom stereocenters. The van der Waals surface area contributed by atoms with Crippen molar-refractivity contribution in [3.8, 4) is 0 Å². The van der Waals surface area contributed by atoms with Crippen LogP contribution in [0.25, 0.3) is 0 Å². The van der Waals surface area contributed by atoms with Crippen LogP contribution >= 0.6 is 22.9 Å². The van der Waals surface area contributed by atoms with E-state index in [1.54, 1.807) is 11.3 Å². The molecular weight excluding hydrogens is 286 g/mol. The molecule has 0 radical (unpaired) electrons. The molecule has 1 heterocycles. The van der Waals surface area contributed by atoms with E-state index in [0.717, 1.165) is 23.7 Å². The molecule has 20 heavy (non-hydrogen) atoms. The van der Waals surface area contributed by atoms with Crippen LogP contribution < -0.4 is 5.32 Å². The number of rotatable bonds is 7. The van der Waals surface area contributed by atoms with E-state index < -0.39 is 0 Å². The SMILES string of the molecule is CCCNC(c1ccc(Cl)s1)C(CC)c1ccccc1. The Balaban J connectivity index is 2.28. The maximum absolute atomic E-state index is 6.12. The molecule has 1 aromatic carbocycles. The minimum Gasteiger partial charge on any atom is -0.309 e. The van der Waals surface area contributed by atoms with Crippen molar-refractivity contribution in [1.82, 2.24) is 5.32 Å². The van der Waals surface area contributed by atoms with Crippen LogP contribution in [0.2, 0.25) is 4.34 Å². The number of benzene rings is 1. The van der Waals surface area contributed by atoms with Gasteiger partial charge in [0.15, 0.2) is 0 Å². The van der Waals surface area contributed by atoms with Crippen molar-refractivity contribution in [1.29, 1.82) is 0 Å². The highest BCUT2D eigenvalue weighted by Gasteiger charge is 2.24. The first-order valence-electron chi connectivity index (χ1n) is 7.29. The average molecular weight is 308 g/mol. The molecule has 0 aliphatic carbocycles. The largest absolute Gasteiger partial charge is 0.309 e. The monoisotopic (exact) mass is 307 g/mol. The van der Waals surface area contributed by atoms with Gasteiger partial charge in [-0.1, -0.05) is 55.8 Å². The summed E-state index contributed by atoms with van der Waals surface area (Å²) in [5, 5.41) is 3.70. The summed E-state index contributed by atoms with van der Waals surface area (Å²) >= 11 is 7.81. The second kappa shape index (κ2) is 7.82. The Bertz CT molecular complexity index is 509. The molecule has 1 nitrogen and oxygen atoms in total. The second-order valence-corrected chi connectivity index (χ2v) is 6.75. The molecule has 0 amide bonds. The maximum Gasteiger partial charge on any atom is 0.0931 e. The van der Waals surface area contributed by atoms with E-state index in [-0.39, 0.29) is 0 Å². The Morgan fingerprint density at radius 1 is 1.10 bits per heavy atom. The fourth-order valence-electron chi connectivity index (χ4n) is 2.60. The van der Waals surface area contributed by atoms with Gasteiger partial charge in [0.05, 0.1) is 4.34 Å². The lowest BCUT2D eigenvalue weighted by atomic mass is 9.88. The van der Waals surface area contributed by atoms with Crippen LogP contribution in [-0.2, 0) is 0 Å². The minimum atomic E-state index is 0.347. The van der Waals surface area contributed by atoms with Crippen LogP contribution in [0, 0.1) is 0 Å². The highest BCUT2D eigenvalue weighted by molar-refractivity contribution is 7.16. The third-order valence-electron chi connectivity index (χ3n) is 3.58. The van der Waals surface area contributed by atoms with Crippen molar-refractivity contribution in [3.05, 3.63) is 57.2 Å². The fourth-order valence-corrected chi connectivity index (χ4v) is 3.80. The van der Waals surface area contributed by atoms with E-state index in [1.165, 1.54) is 10.4 Å². The lowest BCUT2D eigenvalue weighted by molar-refractivity contribution is 0.441. The molecule has 0 spiro atoms. The van der Waals surface area contributed by atoms with E-state index in [2.05, 4.69) is 55.6 Å². The third kappa shape index (κ3) is 3.85. The molecule has 0 bridgehead atoms. The van der Waals surface area contributed by atoms with Gasteiger partial charge >= 0.3 is 0 Å². The molecule has 2 aromatic rings. The van der Waals surface area contributed by atoms with Gasteiger partial charge in [0.25, 0.3) is 0 Å². The fraction of sp³-hybridized carbons (Fsp3) is 0.412. The molecule has 1 N–H and O–H groups in total. The Morgan fingerprint density at radius 3 is 2.40 bits per heavy atom. The van der Waals surface area contributed by atoms with Gasteiger partial charge in [0.2, 0.25) is 0 Å². The quantitative estimate of drug-likeness (QED) is 0.698. The molecule has 108 valence electrons. The standard InChI is InChI=1S/C17H22ClNS/c1-3-12-19-17(15-10-11-16(18)20-15)14(4-2)13-8-6-5-7-9-13/h5-11,14,17,19H,3-4,12H2,1-2H3. The van der Waals surface area contributed by atoms with Crippen LogP contribution in [0.1, 0.15) is 49.1 Å². The van der Waals surface area contributed by atoms with Crippen LogP contribution in [0.4, 0.5) is 0 Å². The van der Waals surface area contributed by atoms with Crippen LogP contribution in [-0.4, -0.2) is 6.54 Å². The van der Waals surface area contributed by atoms with Gasteiger partial charge in [-0.3, -0.25) is 0 Å². The highest BCUT2D eigenvalue weighted by Crippen LogP contribution is 2.37. The minimum absolute atomic E-state index is 0.347. The predicted molar refractivity (Wildman–Crippen MR) is 89.8 cm³/mol. The Labute approximate surface area is 131 Å². The summed E-state index contributed by atoms with van der Waals surface area (Å²) < 4.78 is 0.867. The second-order valence-electron chi connectivity index (χ2n) is 5.00. The van der Waals surface area contributed by atoms with E-state index >= 15 is 0 Å². The normalized spacial score (nSPS) is 14.2. The highest BCUT2D eigenvalue weighted by atomic mass is 35.5. The summed E-state index contributed by atoms with van der Waals surface area (Å²) in [6, 6.07) is 15.3. The van der Waals surface area contributed by atoms with Crippen molar-refractivity contribution in [2.75, 3.05) is 6.54 Å². The summed E-state index contributed by atoms with van der Waals surface area (Å²) in [6.07, 6.45) is 2.25. The van der Waals surface area contributed by atoms with E-state index in [4.69, 9.17) is 11.6 Å². The van der Waals surface area contributed by atoms with E-state index in [9.17, 15) is 0 Å². The molecule has 2 rings (SSSR count). The summed E-state index contributed by atoms with van der Waals surface area (Å²) in [7, 11) is 0. The predicted octanol–water partition coefficient (Wildman–Crippen LogP) is 5.64. The first-order valence-corrected chi connectivity index (χ1v) is 8.49. The molecule has 0 aliphatic heterocycles. The van der Waals surface area contributed by atoms with Gasteiger partial charge in [-0.2, -0.15) is 0 Å². The van der Waals surface area contributed by atoms with Crippen molar-refractivity contribution in [2.24, 2.45) is 0 Å². The first kappa shape index (κ1) is 15.6. The van der Waals surface area contributed by atoms with Crippen molar-refractivity contribution in [2.45, 2.75) is 38.6 Å². The van der Waals surface area contributed by atoms with Crippen molar-refractivity contribution >= 4 is 22.9 Å². The molecule has 0 saturated heterocycles. The van der Waals surface area contributed by atoms with Crippen molar-refractivity contribution in [3.63, 3.8) is 0 Å². The molecule has 3 heteroatoms. The zero-order valence-corrected chi connectivity index (χ0v) is 13.7. The summed E-state index contributed by atoms with van der Waals surface area (Å²) in [5.74, 6) is 0.484. The van der Waals surface area contributed by atoms with Crippen LogP contribution in [0.3, 0.4) is 0 Å². The Kier molecular flexibility index (Phi) is 6.08. The number of thiophene rings is 1. The van der Waals surface area contributed by atoms with Gasteiger partial charge in [0.1, 0.15) is 0 Å². The molecule has 2 atom stereocenters. The smallest absolute Gasteiger partial charge is 0.0931 e. The number of nitrogens with one attached hydrogen (secondary N) is 1. The Hall–Kier alpha value is -0.830. The zero-order valence-electron chi connectivity index (χ0n) is 12.1. The number of halogens is 1. The lowest BCUT2D eigenvalue weighted by Gasteiger charge is -2.27. The summed E-state index contributed by atoms with van der Waals surface area (Å²) in [6.45, 7) is 5.49. The first-order chi connectivity index (χ1) is 9.76.